The number of aromatic nitrogens is 2. The smallest absolute Gasteiger partial charge is 0.335 e. The number of rotatable bonds is 6. The molecule has 0 spiro atoms. The van der Waals surface area contributed by atoms with Crippen molar-refractivity contribution in [3.8, 4) is 11.4 Å². The summed E-state index contributed by atoms with van der Waals surface area (Å²) >= 11 is 0. The predicted molar refractivity (Wildman–Crippen MR) is 176 cm³/mol. The maximum atomic E-state index is 14.3. The number of carboxylic acids is 1. The van der Waals surface area contributed by atoms with Crippen molar-refractivity contribution in [1.82, 2.24) is 14.5 Å². The minimum Gasteiger partial charge on any atom is -0.478 e. The normalized spacial score (nSPS) is 19.5. The minimum absolute atomic E-state index is 0.0782. The van der Waals surface area contributed by atoms with Crippen LogP contribution in [0.15, 0.2) is 89.4 Å². The van der Waals surface area contributed by atoms with E-state index >= 15 is 0 Å². The lowest BCUT2D eigenvalue weighted by molar-refractivity contribution is 0.0679. The fourth-order valence-electron chi connectivity index (χ4n) is 7.26. The van der Waals surface area contributed by atoms with E-state index < -0.39 is 15.8 Å². The highest BCUT2D eigenvalue weighted by Crippen LogP contribution is 2.55. The molecule has 6 rings (SSSR count). The van der Waals surface area contributed by atoms with Crippen LogP contribution in [0.4, 0.5) is 0 Å². The number of sulfone groups is 1. The quantitative estimate of drug-likeness (QED) is 0.239. The van der Waals surface area contributed by atoms with E-state index in [0.29, 0.717) is 42.1 Å². The summed E-state index contributed by atoms with van der Waals surface area (Å²) in [4.78, 5) is 32.6. The highest BCUT2D eigenvalue weighted by Gasteiger charge is 2.46. The Hall–Kier alpha value is -4.50. The fourth-order valence-corrected chi connectivity index (χ4v) is 7.90. The number of amides is 1. The third kappa shape index (κ3) is 5.19. The molecule has 3 aromatic carbocycles. The van der Waals surface area contributed by atoms with E-state index in [0.717, 1.165) is 23.1 Å². The number of allylic oxidation sites excluding steroid dienone is 2. The fraction of sp³-hybridized carbons (Fsp3) is 0.306. The van der Waals surface area contributed by atoms with Gasteiger partial charge in [0.1, 0.15) is 5.82 Å². The molecule has 0 unspecified atom stereocenters. The van der Waals surface area contributed by atoms with Crippen molar-refractivity contribution in [2.75, 3.05) is 19.3 Å². The summed E-state index contributed by atoms with van der Waals surface area (Å²) in [5.74, 6) is -0.396. The Balaban J connectivity index is 1.33. The molecule has 2 heterocycles. The zero-order valence-electron chi connectivity index (χ0n) is 26.2. The molecule has 4 aromatic rings. The first-order valence-corrected chi connectivity index (χ1v) is 17.0. The second kappa shape index (κ2) is 10.8. The average Bonchev–Trinajstić information content (AvgIpc) is 3.37. The van der Waals surface area contributed by atoms with Gasteiger partial charge >= 0.3 is 5.97 Å². The number of carbonyl (C=O) groups is 2. The Bertz CT molecular complexity index is 2040. The van der Waals surface area contributed by atoms with Gasteiger partial charge in [0, 0.05) is 42.3 Å². The molecule has 0 fully saturated rings. The number of aromatic carboxylic acids is 1. The molecule has 1 aromatic heterocycles. The number of carbonyl (C=O) groups excluding carboxylic acids is 1. The van der Waals surface area contributed by atoms with Crippen LogP contribution in [-0.4, -0.2) is 59.2 Å². The number of hydrogen-bond acceptors (Lipinski definition) is 5. The van der Waals surface area contributed by atoms with E-state index in [2.05, 4.69) is 32.9 Å². The standard InChI is InChI=1S/C36H37N3O5S/c1-6-39-30-16-15-25(45(5,43)44)21-29(30)37-32(39)26-9-7-8-10-27(26)33(40)38-20-18-31-35(2,3)28(17-19-36(31,4)22-38)23-11-13-24(14-12-23)34(41)42/h7-18,21H,6,19-20,22H2,1-5H3,(H,41,42)/t36-/m1/s1. The predicted octanol–water partition coefficient (Wildman–Crippen LogP) is 6.73. The maximum Gasteiger partial charge on any atom is 0.335 e. The first kappa shape index (κ1) is 30.5. The van der Waals surface area contributed by atoms with Crippen molar-refractivity contribution in [2.24, 2.45) is 10.8 Å². The molecule has 232 valence electrons. The van der Waals surface area contributed by atoms with Crippen LogP contribution in [0.5, 0.6) is 0 Å². The molecule has 0 saturated heterocycles. The van der Waals surface area contributed by atoms with Gasteiger partial charge in [-0.15, -0.1) is 0 Å². The summed E-state index contributed by atoms with van der Waals surface area (Å²) in [5.41, 5.74) is 5.77. The zero-order chi connectivity index (χ0) is 32.3. The van der Waals surface area contributed by atoms with Crippen LogP contribution < -0.4 is 0 Å². The van der Waals surface area contributed by atoms with E-state index in [9.17, 15) is 23.1 Å². The van der Waals surface area contributed by atoms with Gasteiger partial charge in [0.25, 0.3) is 5.91 Å². The number of imidazole rings is 1. The molecule has 1 N–H and O–H groups in total. The van der Waals surface area contributed by atoms with Gasteiger partial charge in [-0.25, -0.2) is 18.2 Å². The number of fused-ring (bicyclic) bond motifs is 2. The molecule has 9 heteroatoms. The van der Waals surface area contributed by atoms with E-state index in [1.807, 2.05) is 52.8 Å². The second-order valence-electron chi connectivity index (χ2n) is 12.8. The van der Waals surface area contributed by atoms with E-state index in [1.54, 1.807) is 30.3 Å². The topological polar surface area (TPSA) is 110 Å². The lowest BCUT2D eigenvalue weighted by Gasteiger charge is -2.50. The van der Waals surface area contributed by atoms with Gasteiger partial charge in [-0.3, -0.25) is 4.79 Å². The Morgan fingerprint density at radius 3 is 2.36 bits per heavy atom. The minimum atomic E-state index is -3.39. The Morgan fingerprint density at radius 1 is 0.978 bits per heavy atom. The van der Waals surface area contributed by atoms with Crippen LogP contribution >= 0.6 is 0 Å². The van der Waals surface area contributed by atoms with Gasteiger partial charge in [0.2, 0.25) is 0 Å². The number of carboxylic acid groups (broad SMARTS) is 1. The highest BCUT2D eigenvalue weighted by molar-refractivity contribution is 7.90. The molecular weight excluding hydrogens is 586 g/mol. The molecule has 1 amide bonds. The molecule has 1 aliphatic heterocycles. The largest absolute Gasteiger partial charge is 0.478 e. The lowest BCUT2D eigenvalue weighted by Crippen LogP contribution is -2.48. The summed E-state index contributed by atoms with van der Waals surface area (Å²) in [6, 6.07) is 19.5. The van der Waals surface area contributed by atoms with E-state index in [-0.39, 0.29) is 27.2 Å². The molecule has 8 nitrogen and oxygen atoms in total. The first-order chi connectivity index (χ1) is 21.2. The first-order valence-electron chi connectivity index (χ1n) is 15.1. The van der Waals surface area contributed by atoms with Crippen LogP contribution in [0.3, 0.4) is 0 Å². The maximum absolute atomic E-state index is 14.3. The van der Waals surface area contributed by atoms with Gasteiger partial charge in [-0.2, -0.15) is 0 Å². The summed E-state index contributed by atoms with van der Waals surface area (Å²) in [5, 5.41) is 9.33. The molecule has 0 saturated carbocycles. The number of hydrogen-bond donors (Lipinski definition) is 1. The number of benzene rings is 3. The average molecular weight is 624 g/mol. The van der Waals surface area contributed by atoms with Crippen LogP contribution in [0, 0.1) is 10.8 Å². The molecule has 45 heavy (non-hydrogen) atoms. The van der Waals surface area contributed by atoms with Crippen molar-refractivity contribution < 1.29 is 23.1 Å². The van der Waals surface area contributed by atoms with E-state index in [1.165, 1.54) is 11.8 Å². The number of nitrogens with zero attached hydrogens (tertiary/aromatic N) is 3. The van der Waals surface area contributed by atoms with Crippen molar-refractivity contribution in [3.63, 3.8) is 0 Å². The molecule has 1 aliphatic carbocycles. The van der Waals surface area contributed by atoms with Crippen molar-refractivity contribution in [1.29, 1.82) is 0 Å². The number of aryl methyl sites for hydroxylation is 1. The summed E-state index contributed by atoms with van der Waals surface area (Å²) in [7, 11) is -3.39. The van der Waals surface area contributed by atoms with Crippen LogP contribution in [-0.2, 0) is 16.4 Å². The molecular formula is C36H37N3O5S. The molecule has 2 aliphatic rings. The second-order valence-corrected chi connectivity index (χ2v) is 14.9. The Labute approximate surface area is 263 Å². The Morgan fingerprint density at radius 2 is 1.69 bits per heavy atom. The summed E-state index contributed by atoms with van der Waals surface area (Å²) in [6.07, 6.45) is 6.36. The third-order valence-electron chi connectivity index (χ3n) is 9.40. The van der Waals surface area contributed by atoms with Crippen LogP contribution in [0.2, 0.25) is 0 Å². The Kier molecular flexibility index (Phi) is 7.35. The van der Waals surface area contributed by atoms with Crippen LogP contribution in [0.1, 0.15) is 60.4 Å². The SMILES string of the molecule is CCn1c(-c2ccccc2C(=O)N2CC=C3C(C)(C)C(c4ccc(C(=O)O)cc4)=CC[C@]3(C)C2)nc2cc(S(C)(=O)=O)ccc21. The monoisotopic (exact) mass is 623 g/mol. The molecule has 0 radical (unpaired) electrons. The third-order valence-corrected chi connectivity index (χ3v) is 10.5. The van der Waals surface area contributed by atoms with Gasteiger partial charge in [-0.05, 0) is 60.9 Å². The molecule has 1 atom stereocenters. The van der Waals surface area contributed by atoms with E-state index in [4.69, 9.17) is 4.98 Å². The zero-order valence-corrected chi connectivity index (χ0v) is 27.0. The van der Waals surface area contributed by atoms with Gasteiger partial charge < -0.3 is 14.6 Å². The lowest BCUT2D eigenvalue weighted by atomic mass is 9.58. The van der Waals surface area contributed by atoms with Crippen LogP contribution in [0.25, 0.3) is 28.0 Å². The van der Waals surface area contributed by atoms with Gasteiger partial charge in [0.05, 0.1) is 27.1 Å². The summed E-state index contributed by atoms with van der Waals surface area (Å²) < 4.78 is 26.4. The van der Waals surface area contributed by atoms with Gasteiger partial charge in [-0.1, -0.05) is 68.8 Å². The van der Waals surface area contributed by atoms with Crippen molar-refractivity contribution >= 4 is 38.3 Å². The summed E-state index contributed by atoms with van der Waals surface area (Å²) in [6.45, 7) is 10.2. The highest BCUT2D eigenvalue weighted by atomic mass is 32.2. The van der Waals surface area contributed by atoms with Crippen molar-refractivity contribution in [2.45, 2.75) is 45.6 Å². The molecule has 0 bridgehead atoms. The van der Waals surface area contributed by atoms with Gasteiger partial charge in [0.15, 0.2) is 9.84 Å². The van der Waals surface area contributed by atoms with Crippen molar-refractivity contribution in [3.05, 3.63) is 101 Å².